The van der Waals surface area contributed by atoms with Gasteiger partial charge < -0.3 is 15.6 Å². The van der Waals surface area contributed by atoms with E-state index < -0.39 is 11.2 Å². The molecule has 1 aliphatic rings. The van der Waals surface area contributed by atoms with Gasteiger partial charge in [-0.1, -0.05) is 19.9 Å². The van der Waals surface area contributed by atoms with Crippen molar-refractivity contribution in [1.29, 1.82) is 0 Å². The topological polar surface area (TPSA) is 99.5 Å². The number of allylic oxidation sites excluding steroid dienone is 2. The average Bonchev–Trinajstić information content (AvgIpc) is 2.98. The van der Waals surface area contributed by atoms with Crippen molar-refractivity contribution in [3.05, 3.63) is 37.5 Å². The molecule has 0 bridgehead atoms. The number of aliphatic hydroxyl groups excluding tert-OH is 1. The maximum Gasteiger partial charge on any atom is 0.331 e. The normalized spacial score (nSPS) is 20.8. The Morgan fingerprint density at radius 3 is 2.78 bits per heavy atom. The first-order chi connectivity index (χ1) is 15.3. The minimum atomic E-state index is -0.469. The molecule has 32 heavy (non-hydrogen) atoms. The van der Waals surface area contributed by atoms with Gasteiger partial charge in [-0.3, -0.25) is 13.9 Å². The van der Waals surface area contributed by atoms with Crippen LogP contribution < -0.4 is 17.0 Å². The Morgan fingerprint density at radius 1 is 1.34 bits per heavy atom. The Balaban J connectivity index is 1.87. The number of nitrogens with two attached hydrogens (primary N) is 1. The van der Waals surface area contributed by atoms with Crippen LogP contribution in [-0.2, 0) is 24.8 Å². The Morgan fingerprint density at radius 2 is 2.06 bits per heavy atom. The first kappa shape index (κ1) is 26.7. The molecule has 1 saturated heterocycles. The second-order valence-electron chi connectivity index (χ2n) is 9.16. The van der Waals surface area contributed by atoms with Crippen LogP contribution in [0.25, 0.3) is 0 Å². The lowest BCUT2D eigenvalue weighted by atomic mass is 9.86. The highest BCUT2D eigenvalue weighted by molar-refractivity contribution is 8.03. The zero-order valence-electron chi connectivity index (χ0n) is 20.1. The van der Waals surface area contributed by atoms with E-state index >= 15 is 0 Å². The summed E-state index contributed by atoms with van der Waals surface area (Å²) in [4.78, 5) is 26.0. The van der Waals surface area contributed by atoms with E-state index in [4.69, 9.17) is 10.5 Å². The summed E-state index contributed by atoms with van der Waals surface area (Å²) in [6.45, 7) is 8.36. The van der Waals surface area contributed by atoms with Crippen LogP contribution in [-0.4, -0.2) is 39.8 Å². The zero-order chi connectivity index (χ0) is 23.7. The van der Waals surface area contributed by atoms with Crippen molar-refractivity contribution in [1.82, 2.24) is 9.13 Å². The van der Waals surface area contributed by atoms with Gasteiger partial charge in [0.2, 0.25) is 0 Å². The van der Waals surface area contributed by atoms with E-state index in [1.165, 1.54) is 42.2 Å². The van der Waals surface area contributed by atoms with Gasteiger partial charge in [0.05, 0.1) is 18.8 Å². The molecule has 3 atom stereocenters. The maximum atomic E-state index is 12.4. The molecule has 3 unspecified atom stereocenters. The maximum absolute atomic E-state index is 12.4. The van der Waals surface area contributed by atoms with Crippen LogP contribution in [0.5, 0.6) is 0 Å². The highest BCUT2D eigenvalue weighted by Gasteiger charge is 2.20. The molecule has 0 radical (unpaired) electrons. The predicted octanol–water partition coefficient (Wildman–Crippen LogP) is 3.17. The summed E-state index contributed by atoms with van der Waals surface area (Å²) < 4.78 is 8.04. The second-order valence-corrected chi connectivity index (χ2v) is 10.5. The molecule has 1 aliphatic heterocycles. The van der Waals surface area contributed by atoms with Gasteiger partial charge in [0.15, 0.2) is 0 Å². The molecule has 182 valence electrons. The van der Waals surface area contributed by atoms with Crippen LogP contribution in [0.3, 0.4) is 0 Å². The minimum Gasteiger partial charge on any atom is -0.395 e. The molecule has 2 rings (SSSR count). The van der Waals surface area contributed by atoms with Crippen molar-refractivity contribution in [3.8, 4) is 0 Å². The van der Waals surface area contributed by atoms with Gasteiger partial charge in [0, 0.05) is 20.3 Å². The number of ether oxygens (including phenoxy) is 1. The summed E-state index contributed by atoms with van der Waals surface area (Å²) >= 11 is 1.90. The Labute approximate surface area is 196 Å². The lowest BCUT2D eigenvalue weighted by molar-refractivity contribution is 0.140. The first-order valence-electron chi connectivity index (χ1n) is 11.8. The molecule has 1 aromatic heterocycles. The number of hydrogen-bond acceptors (Lipinski definition) is 6. The summed E-state index contributed by atoms with van der Waals surface area (Å²) in [5, 5.41) is 9.34. The van der Waals surface area contributed by atoms with Crippen molar-refractivity contribution in [3.63, 3.8) is 0 Å². The number of nitrogens with zero attached hydrogens (tertiary/aromatic N) is 2. The summed E-state index contributed by atoms with van der Waals surface area (Å²) in [6.07, 6.45) is 8.46. The van der Waals surface area contributed by atoms with Crippen molar-refractivity contribution >= 4 is 17.4 Å². The number of thioether (sulfide) groups is 1. The van der Waals surface area contributed by atoms with Crippen LogP contribution in [0, 0.1) is 17.8 Å². The van der Waals surface area contributed by atoms with Crippen LogP contribution >= 0.6 is 11.8 Å². The summed E-state index contributed by atoms with van der Waals surface area (Å²) in [7, 11) is 1.41. The highest BCUT2D eigenvalue weighted by atomic mass is 32.2. The third-order valence-electron chi connectivity index (χ3n) is 6.57. The second kappa shape index (κ2) is 13.3. The quantitative estimate of drug-likeness (QED) is 0.485. The van der Waals surface area contributed by atoms with Crippen LogP contribution in [0.15, 0.2) is 20.6 Å². The Kier molecular flexibility index (Phi) is 11.1. The highest BCUT2D eigenvalue weighted by Crippen LogP contribution is 2.28. The molecule has 0 amide bonds. The van der Waals surface area contributed by atoms with E-state index in [0.717, 1.165) is 41.8 Å². The minimum absolute atomic E-state index is 0.0978. The van der Waals surface area contributed by atoms with E-state index in [0.29, 0.717) is 12.1 Å². The van der Waals surface area contributed by atoms with Gasteiger partial charge in [-0.25, -0.2) is 4.79 Å². The fraction of sp³-hybridized carbons (Fsp3) is 0.750. The van der Waals surface area contributed by atoms with Crippen LogP contribution in [0.1, 0.15) is 58.6 Å². The molecule has 0 spiro atoms. The van der Waals surface area contributed by atoms with Gasteiger partial charge in [-0.05, 0) is 73.9 Å². The monoisotopic (exact) mass is 467 g/mol. The Hall–Kier alpha value is -1.51. The largest absolute Gasteiger partial charge is 0.395 e. The molecule has 7 nitrogen and oxygen atoms in total. The van der Waals surface area contributed by atoms with Gasteiger partial charge in [-0.2, -0.15) is 0 Å². The van der Waals surface area contributed by atoms with E-state index in [-0.39, 0.29) is 24.8 Å². The average molecular weight is 468 g/mol. The number of aromatic nitrogens is 2. The molecule has 0 aromatic carbocycles. The van der Waals surface area contributed by atoms with Crippen LogP contribution in [0.4, 0.5) is 5.69 Å². The summed E-state index contributed by atoms with van der Waals surface area (Å²) in [5.41, 5.74) is 5.77. The zero-order valence-corrected chi connectivity index (χ0v) is 21.0. The van der Waals surface area contributed by atoms with Crippen molar-refractivity contribution < 1.29 is 9.84 Å². The van der Waals surface area contributed by atoms with Gasteiger partial charge >= 0.3 is 5.69 Å². The van der Waals surface area contributed by atoms with Crippen molar-refractivity contribution in [2.24, 2.45) is 24.8 Å². The van der Waals surface area contributed by atoms with E-state index in [1.807, 2.05) is 11.8 Å². The lowest BCUT2D eigenvalue weighted by Crippen LogP contribution is -2.42. The van der Waals surface area contributed by atoms with E-state index in [2.05, 4.69) is 26.8 Å². The molecular weight excluding hydrogens is 426 g/mol. The van der Waals surface area contributed by atoms with E-state index in [9.17, 15) is 14.7 Å². The summed E-state index contributed by atoms with van der Waals surface area (Å²) in [6, 6.07) is 0. The van der Waals surface area contributed by atoms with Crippen molar-refractivity contribution in [2.75, 3.05) is 31.3 Å². The molecule has 1 aromatic rings. The number of rotatable bonds is 11. The van der Waals surface area contributed by atoms with Gasteiger partial charge in [-0.15, -0.1) is 11.8 Å². The van der Waals surface area contributed by atoms with Crippen LogP contribution in [0.2, 0.25) is 0 Å². The SMILES string of the molecule is C/C(=C/CC(C)Cc1c(N)c(=O)n(C)c(=O)n1CCO)SCCCC1CCOCCC1C. The summed E-state index contributed by atoms with van der Waals surface area (Å²) in [5.74, 6) is 2.88. The third-order valence-corrected chi connectivity index (χ3v) is 7.68. The molecule has 2 heterocycles. The predicted molar refractivity (Wildman–Crippen MR) is 133 cm³/mol. The lowest BCUT2D eigenvalue weighted by Gasteiger charge is -2.20. The fourth-order valence-electron chi connectivity index (χ4n) is 4.36. The first-order valence-corrected chi connectivity index (χ1v) is 12.8. The number of aliphatic hydroxyl groups is 1. The fourth-order valence-corrected chi connectivity index (χ4v) is 5.20. The molecule has 8 heteroatoms. The smallest absolute Gasteiger partial charge is 0.331 e. The number of hydrogen-bond donors (Lipinski definition) is 2. The molecule has 0 aliphatic carbocycles. The molecular formula is C24H41N3O4S. The number of nitrogen functional groups attached to an aromatic ring is 1. The molecule has 3 N–H and O–H groups in total. The van der Waals surface area contributed by atoms with Gasteiger partial charge in [0.1, 0.15) is 5.69 Å². The Bertz CT molecular complexity index is 877. The number of anilines is 1. The molecule has 1 fully saturated rings. The molecule has 0 saturated carbocycles. The van der Waals surface area contributed by atoms with E-state index in [1.54, 1.807) is 0 Å². The van der Waals surface area contributed by atoms with Crippen molar-refractivity contribution in [2.45, 2.75) is 65.8 Å². The van der Waals surface area contributed by atoms with Gasteiger partial charge in [0.25, 0.3) is 5.56 Å². The standard InChI is InChI=1S/C24H41N3O4S/c1-17(16-21-22(25)23(29)26(4)24(30)27(21)11-12-28)7-8-19(3)32-15-5-6-20-10-14-31-13-9-18(20)2/h8,17-18,20,28H,5-7,9-16,25H2,1-4H3/b19-8-. The third kappa shape index (κ3) is 7.52.